The van der Waals surface area contributed by atoms with Gasteiger partial charge in [-0.05, 0) is 31.0 Å². The van der Waals surface area contributed by atoms with Gasteiger partial charge >= 0.3 is 0 Å². The molecular formula is C22H24N8O3S. The number of thioether (sulfide) groups is 1. The zero-order valence-corrected chi connectivity index (χ0v) is 19.1. The van der Waals surface area contributed by atoms with E-state index < -0.39 is 4.92 Å². The Bertz CT molecular complexity index is 1160. The van der Waals surface area contributed by atoms with E-state index in [-0.39, 0.29) is 18.2 Å². The third-order valence-electron chi connectivity index (χ3n) is 4.95. The predicted octanol–water partition coefficient (Wildman–Crippen LogP) is 3.65. The van der Waals surface area contributed by atoms with Gasteiger partial charge in [0.05, 0.1) is 22.6 Å². The van der Waals surface area contributed by atoms with Gasteiger partial charge in [-0.15, -0.1) is 11.8 Å². The van der Waals surface area contributed by atoms with Crippen LogP contribution in [0.15, 0.2) is 58.5 Å². The number of aromatic nitrogens is 3. The molecule has 0 atom stereocenters. The van der Waals surface area contributed by atoms with Gasteiger partial charge in [0, 0.05) is 36.2 Å². The number of hydrogen-bond acceptors (Lipinski definition) is 11. The van der Waals surface area contributed by atoms with Crippen LogP contribution in [0.1, 0.15) is 18.4 Å². The Labute approximate surface area is 200 Å². The number of benzene rings is 2. The van der Waals surface area contributed by atoms with E-state index in [2.05, 4.69) is 35.7 Å². The van der Waals surface area contributed by atoms with Crippen LogP contribution in [0.4, 0.5) is 29.2 Å². The number of rotatable bonds is 10. The number of anilines is 4. The van der Waals surface area contributed by atoms with Crippen molar-refractivity contribution in [2.75, 3.05) is 41.1 Å². The Morgan fingerprint density at radius 3 is 2.62 bits per heavy atom. The van der Waals surface area contributed by atoms with E-state index in [1.165, 1.54) is 24.0 Å². The molecule has 3 aromatic rings. The van der Waals surface area contributed by atoms with Crippen molar-refractivity contribution in [3.63, 3.8) is 0 Å². The maximum Gasteiger partial charge on any atom is 0.283 e. The van der Waals surface area contributed by atoms with Gasteiger partial charge in [0.1, 0.15) is 0 Å². The molecule has 1 saturated heterocycles. The van der Waals surface area contributed by atoms with E-state index >= 15 is 0 Å². The van der Waals surface area contributed by atoms with E-state index in [9.17, 15) is 10.1 Å². The average Bonchev–Trinajstić information content (AvgIpc) is 3.39. The molecule has 2 heterocycles. The van der Waals surface area contributed by atoms with E-state index in [4.69, 9.17) is 5.11 Å². The quantitative estimate of drug-likeness (QED) is 0.170. The molecule has 0 spiro atoms. The number of nitrogens with zero attached hydrogens (tertiary/aromatic N) is 6. The Morgan fingerprint density at radius 2 is 1.88 bits per heavy atom. The first-order valence-corrected chi connectivity index (χ1v) is 11.8. The van der Waals surface area contributed by atoms with Gasteiger partial charge in [-0.1, -0.05) is 24.3 Å². The molecule has 0 unspecified atom stereocenters. The lowest BCUT2D eigenvalue weighted by Gasteiger charge is -2.16. The molecule has 1 aromatic heterocycles. The van der Waals surface area contributed by atoms with Gasteiger partial charge < -0.3 is 15.3 Å². The van der Waals surface area contributed by atoms with Crippen molar-refractivity contribution in [3.8, 4) is 0 Å². The highest BCUT2D eigenvalue weighted by Crippen LogP contribution is 2.29. The highest BCUT2D eigenvalue weighted by molar-refractivity contribution is 7.99. The number of nitrogens with one attached hydrogen (secondary N) is 2. The molecule has 0 radical (unpaired) electrons. The maximum absolute atomic E-state index is 11.4. The number of nitro groups is 1. The lowest BCUT2D eigenvalue weighted by Crippen LogP contribution is -2.21. The molecule has 2 aromatic carbocycles. The minimum atomic E-state index is -0.444. The second-order valence-electron chi connectivity index (χ2n) is 7.39. The Morgan fingerprint density at radius 1 is 1.12 bits per heavy atom. The van der Waals surface area contributed by atoms with Crippen LogP contribution in [0.2, 0.25) is 0 Å². The van der Waals surface area contributed by atoms with Crippen LogP contribution in [0.5, 0.6) is 0 Å². The lowest BCUT2D eigenvalue weighted by atomic mass is 10.2. The van der Waals surface area contributed by atoms with Crippen molar-refractivity contribution < 1.29 is 10.0 Å². The molecule has 0 saturated carbocycles. The molecule has 0 aliphatic carbocycles. The summed E-state index contributed by atoms with van der Waals surface area (Å²) < 4.78 is 0. The first kappa shape index (κ1) is 23.4. The summed E-state index contributed by atoms with van der Waals surface area (Å²) in [6.45, 7) is 1.70. The molecule has 11 nitrogen and oxygen atoms in total. The summed E-state index contributed by atoms with van der Waals surface area (Å²) in [6, 6.07) is 14.4. The fraction of sp³-hybridized carbons (Fsp3) is 0.273. The normalized spacial score (nSPS) is 13.4. The van der Waals surface area contributed by atoms with Gasteiger partial charge in [-0.2, -0.15) is 20.1 Å². The number of aliphatic hydroxyl groups is 1. The molecule has 1 aliphatic heterocycles. The minimum absolute atomic E-state index is 0.0340. The zero-order valence-electron chi connectivity index (χ0n) is 18.3. The number of hydrogen-bond donors (Lipinski definition) is 3. The molecular weight excluding hydrogens is 456 g/mol. The Kier molecular flexibility index (Phi) is 7.83. The molecule has 0 bridgehead atoms. The lowest BCUT2D eigenvalue weighted by molar-refractivity contribution is -0.387. The van der Waals surface area contributed by atoms with E-state index in [0.29, 0.717) is 28.1 Å². The summed E-state index contributed by atoms with van der Waals surface area (Å²) in [4.78, 5) is 27.0. The van der Waals surface area contributed by atoms with Gasteiger partial charge in [0.25, 0.3) is 5.69 Å². The van der Waals surface area contributed by atoms with Gasteiger partial charge in [-0.25, -0.2) is 5.43 Å². The van der Waals surface area contributed by atoms with Crippen LogP contribution in [0.25, 0.3) is 0 Å². The monoisotopic (exact) mass is 480 g/mol. The van der Waals surface area contributed by atoms with Crippen LogP contribution in [-0.4, -0.2) is 56.6 Å². The van der Waals surface area contributed by atoms with Gasteiger partial charge in [0.2, 0.25) is 17.8 Å². The largest absolute Gasteiger partial charge is 0.396 e. The van der Waals surface area contributed by atoms with Gasteiger partial charge in [-0.3, -0.25) is 10.1 Å². The second-order valence-corrected chi connectivity index (χ2v) is 8.53. The third kappa shape index (κ3) is 6.17. The second kappa shape index (κ2) is 11.4. The van der Waals surface area contributed by atoms with Crippen molar-refractivity contribution in [1.29, 1.82) is 0 Å². The summed E-state index contributed by atoms with van der Waals surface area (Å²) in [7, 11) is 0. The Hall–Kier alpha value is -3.77. The number of nitro benzene ring substituents is 1. The number of aliphatic hydroxyl groups excluding tert-OH is 1. The average molecular weight is 481 g/mol. The molecule has 3 N–H and O–H groups in total. The van der Waals surface area contributed by atoms with Crippen LogP contribution in [0, 0.1) is 10.1 Å². The smallest absolute Gasteiger partial charge is 0.283 e. The molecule has 0 amide bonds. The summed E-state index contributed by atoms with van der Waals surface area (Å²) >= 11 is 1.23. The Balaban J connectivity index is 1.53. The van der Waals surface area contributed by atoms with Crippen LogP contribution in [-0.2, 0) is 0 Å². The molecule has 1 aliphatic rings. The third-order valence-corrected chi connectivity index (χ3v) is 5.99. The predicted molar refractivity (Wildman–Crippen MR) is 133 cm³/mol. The summed E-state index contributed by atoms with van der Waals surface area (Å²) in [5.41, 5.74) is 4.17. The first-order chi connectivity index (χ1) is 16.6. The molecule has 12 heteroatoms. The topological polar surface area (TPSA) is 142 Å². The van der Waals surface area contributed by atoms with E-state index in [1.54, 1.807) is 12.1 Å². The maximum atomic E-state index is 11.4. The highest BCUT2D eigenvalue weighted by atomic mass is 32.2. The fourth-order valence-corrected chi connectivity index (χ4v) is 4.14. The van der Waals surface area contributed by atoms with Gasteiger partial charge in [0.15, 0.2) is 0 Å². The number of para-hydroxylation sites is 1. The van der Waals surface area contributed by atoms with E-state index in [1.807, 2.05) is 30.3 Å². The highest BCUT2D eigenvalue weighted by Gasteiger charge is 2.18. The van der Waals surface area contributed by atoms with Crippen LogP contribution in [0.3, 0.4) is 0 Å². The van der Waals surface area contributed by atoms with Crippen molar-refractivity contribution in [1.82, 2.24) is 15.0 Å². The minimum Gasteiger partial charge on any atom is -0.396 e. The summed E-state index contributed by atoms with van der Waals surface area (Å²) in [5.74, 6) is 1.59. The van der Waals surface area contributed by atoms with Crippen molar-refractivity contribution in [3.05, 3.63) is 64.2 Å². The fourth-order valence-electron chi connectivity index (χ4n) is 3.38. The molecule has 4 rings (SSSR count). The van der Waals surface area contributed by atoms with Crippen molar-refractivity contribution >= 4 is 47.2 Å². The SMILES string of the molecule is O=[N+]([O-])c1cc(/C=N/Nc2nc(Nc3ccccc3)nc(N3CCCC3)n2)ccc1SCCO. The van der Waals surface area contributed by atoms with E-state index in [0.717, 1.165) is 31.6 Å². The first-order valence-electron chi connectivity index (χ1n) is 10.8. The molecule has 1 fully saturated rings. The van der Waals surface area contributed by atoms with Crippen molar-refractivity contribution in [2.45, 2.75) is 17.7 Å². The van der Waals surface area contributed by atoms with Crippen LogP contribution >= 0.6 is 11.8 Å². The number of hydrazone groups is 1. The van der Waals surface area contributed by atoms with Crippen LogP contribution < -0.4 is 15.6 Å². The molecule has 34 heavy (non-hydrogen) atoms. The summed E-state index contributed by atoms with van der Waals surface area (Å²) in [6.07, 6.45) is 3.63. The zero-order chi connectivity index (χ0) is 23.8. The summed E-state index contributed by atoms with van der Waals surface area (Å²) in [5, 5.41) is 27.8. The molecule has 176 valence electrons. The standard InChI is InChI=1S/C22H24N8O3S/c31-12-13-34-19-9-8-16(14-18(19)30(32)33)15-23-28-21-25-20(24-17-6-2-1-3-7-17)26-22(27-21)29-10-4-5-11-29/h1-3,6-9,14-15,31H,4-5,10-13H2,(H2,24,25,26,27,28)/b23-15+. The van der Waals surface area contributed by atoms with Crippen molar-refractivity contribution in [2.24, 2.45) is 5.10 Å².